The second-order valence-corrected chi connectivity index (χ2v) is 7.06. The van der Waals surface area contributed by atoms with Crippen LogP contribution in [0.1, 0.15) is 23.1 Å². The van der Waals surface area contributed by atoms with E-state index in [9.17, 15) is 0 Å². The predicted octanol–water partition coefficient (Wildman–Crippen LogP) is 5.73. The minimum absolute atomic E-state index is 0. The van der Waals surface area contributed by atoms with Crippen molar-refractivity contribution in [2.75, 3.05) is 20.2 Å². The van der Waals surface area contributed by atoms with Crippen LogP contribution in [-0.2, 0) is 13.0 Å². The molecule has 2 nitrogen and oxygen atoms in total. The standard InChI is InChI=1S/C24H25NO.ClH/c1-25(18-19-13-14-22-11-6-16-26-24(22)17-19)15-5-10-21-9-4-8-20-7-2-3-12-23(20)21;/h2-5,7-10,12-14,17H,6,11,15-16,18H2,1H3;1H/b10-5+;. The summed E-state index contributed by atoms with van der Waals surface area (Å²) in [5, 5.41) is 2.60. The lowest BCUT2D eigenvalue weighted by Crippen LogP contribution is -2.18. The third-order valence-electron chi connectivity index (χ3n) is 4.97. The van der Waals surface area contributed by atoms with Crippen LogP contribution in [-0.4, -0.2) is 25.1 Å². The monoisotopic (exact) mass is 379 g/mol. The van der Waals surface area contributed by atoms with Crippen molar-refractivity contribution in [2.24, 2.45) is 0 Å². The van der Waals surface area contributed by atoms with E-state index in [1.165, 1.54) is 27.5 Å². The summed E-state index contributed by atoms with van der Waals surface area (Å²) in [7, 11) is 2.16. The summed E-state index contributed by atoms with van der Waals surface area (Å²) in [6.07, 6.45) is 6.75. The molecule has 0 unspecified atom stereocenters. The quantitative estimate of drug-likeness (QED) is 0.561. The molecule has 140 valence electrons. The molecule has 0 aromatic heterocycles. The second kappa shape index (κ2) is 9.07. The number of hydrogen-bond donors (Lipinski definition) is 0. The SMILES string of the molecule is CN(C/C=C/c1cccc2ccccc12)Cc1ccc2c(c1)OCCC2.Cl. The number of nitrogens with zero attached hydrogens (tertiary/aromatic N) is 1. The average molecular weight is 380 g/mol. The fourth-order valence-corrected chi connectivity index (χ4v) is 3.61. The Balaban J connectivity index is 0.00000210. The number of rotatable bonds is 5. The number of aryl methyl sites for hydroxylation is 1. The largest absolute Gasteiger partial charge is 0.493 e. The number of benzene rings is 3. The lowest BCUT2D eigenvalue weighted by atomic mass is 10.0. The molecule has 0 bridgehead atoms. The van der Waals surface area contributed by atoms with Gasteiger partial charge in [0.25, 0.3) is 0 Å². The van der Waals surface area contributed by atoms with E-state index in [0.717, 1.165) is 38.3 Å². The Morgan fingerprint density at radius 1 is 1.04 bits per heavy atom. The molecule has 0 N–H and O–H groups in total. The lowest BCUT2D eigenvalue weighted by molar-refractivity contribution is 0.287. The summed E-state index contributed by atoms with van der Waals surface area (Å²) in [6, 6.07) is 21.7. The fourth-order valence-electron chi connectivity index (χ4n) is 3.61. The highest BCUT2D eigenvalue weighted by atomic mass is 35.5. The molecular weight excluding hydrogens is 354 g/mol. The summed E-state index contributed by atoms with van der Waals surface area (Å²) in [4.78, 5) is 2.33. The molecule has 0 radical (unpaired) electrons. The van der Waals surface area contributed by atoms with Crippen LogP contribution < -0.4 is 4.74 Å². The lowest BCUT2D eigenvalue weighted by Gasteiger charge is -2.20. The molecule has 0 fully saturated rings. The third-order valence-corrected chi connectivity index (χ3v) is 4.97. The maximum Gasteiger partial charge on any atom is 0.122 e. The van der Waals surface area contributed by atoms with E-state index >= 15 is 0 Å². The summed E-state index contributed by atoms with van der Waals surface area (Å²) < 4.78 is 5.79. The zero-order valence-corrected chi connectivity index (χ0v) is 16.5. The Bertz CT molecular complexity index is 929. The normalized spacial score (nSPS) is 13.4. The van der Waals surface area contributed by atoms with Crippen LogP contribution in [0.3, 0.4) is 0 Å². The van der Waals surface area contributed by atoms with Gasteiger partial charge in [0, 0.05) is 13.1 Å². The van der Waals surface area contributed by atoms with E-state index in [1.54, 1.807) is 0 Å². The predicted molar refractivity (Wildman–Crippen MR) is 117 cm³/mol. The number of hydrogen-bond acceptors (Lipinski definition) is 2. The summed E-state index contributed by atoms with van der Waals surface area (Å²) >= 11 is 0. The Morgan fingerprint density at radius 2 is 1.89 bits per heavy atom. The van der Waals surface area contributed by atoms with Gasteiger partial charge in [-0.1, -0.05) is 66.7 Å². The van der Waals surface area contributed by atoms with Gasteiger partial charge in [0.05, 0.1) is 6.61 Å². The molecule has 3 aromatic carbocycles. The first-order valence-corrected chi connectivity index (χ1v) is 9.37. The van der Waals surface area contributed by atoms with Gasteiger partial charge in [-0.3, -0.25) is 4.90 Å². The maximum absolute atomic E-state index is 5.79. The van der Waals surface area contributed by atoms with E-state index < -0.39 is 0 Å². The van der Waals surface area contributed by atoms with Crippen molar-refractivity contribution in [3.63, 3.8) is 0 Å². The van der Waals surface area contributed by atoms with Crippen molar-refractivity contribution >= 4 is 29.3 Å². The number of halogens is 1. The molecule has 0 saturated carbocycles. The maximum atomic E-state index is 5.79. The van der Waals surface area contributed by atoms with Gasteiger partial charge < -0.3 is 4.74 Å². The molecule has 4 rings (SSSR count). The summed E-state index contributed by atoms with van der Waals surface area (Å²) in [5.41, 5.74) is 3.93. The molecule has 27 heavy (non-hydrogen) atoms. The first kappa shape index (κ1) is 19.5. The van der Waals surface area contributed by atoms with Crippen LogP contribution in [0.2, 0.25) is 0 Å². The van der Waals surface area contributed by atoms with E-state index in [-0.39, 0.29) is 12.4 Å². The number of fused-ring (bicyclic) bond motifs is 2. The average Bonchev–Trinajstić information content (AvgIpc) is 2.68. The smallest absolute Gasteiger partial charge is 0.122 e. The Hall–Kier alpha value is -2.29. The zero-order chi connectivity index (χ0) is 17.8. The molecule has 3 heteroatoms. The molecule has 0 atom stereocenters. The van der Waals surface area contributed by atoms with Gasteiger partial charge >= 0.3 is 0 Å². The van der Waals surface area contributed by atoms with Crippen molar-refractivity contribution in [1.82, 2.24) is 4.90 Å². The molecule has 0 spiro atoms. The van der Waals surface area contributed by atoms with E-state index in [2.05, 4.69) is 84.8 Å². The van der Waals surface area contributed by atoms with Gasteiger partial charge in [-0.2, -0.15) is 0 Å². The summed E-state index contributed by atoms with van der Waals surface area (Å²) in [5.74, 6) is 1.08. The van der Waals surface area contributed by atoms with Gasteiger partial charge in [-0.25, -0.2) is 0 Å². The topological polar surface area (TPSA) is 12.5 Å². The minimum atomic E-state index is 0. The highest BCUT2D eigenvalue weighted by Gasteiger charge is 2.11. The van der Waals surface area contributed by atoms with Crippen LogP contribution >= 0.6 is 12.4 Å². The molecule has 3 aromatic rings. The Kier molecular flexibility index (Phi) is 6.54. The molecule has 1 heterocycles. The molecular formula is C24H26ClNO. The number of ether oxygens (including phenoxy) is 1. The molecule has 0 aliphatic carbocycles. The van der Waals surface area contributed by atoms with Crippen LogP contribution in [0.25, 0.3) is 16.8 Å². The van der Waals surface area contributed by atoms with Gasteiger partial charge in [-0.15, -0.1) is 12.4 Å². The number of likely N-dealkylation sites (N-methyl/N-ethyl adjacent to an activating group) is 1. The highest BCUT2D eigenvalue weighted by molar-refractivity contribution is 5.90. The Morgan fingerprint density at radius 3 is 2.81 bits per heavy atom. The molecule has 1 aliphatic heterocycles. The minimum Gasteiger partial charge on any atom is -0.493 e. The van der Waals surface area contributed by atoms with Crippen LogP contribution in [0.5, 0.6) is 5.75 Å². The molecule has 0 amide bonds. The van der Waals surface area contributed by atoms with Gasteiger partial charge in [0.2, 0.25) is 0 Å². The fraction of sp³-hybridized carbons (Fsp3) is 0.250. The van der Waals surface area contributed by atoms with Crippen molar-refractivity contribution in [3.8, 4) is 5.75 Å². The van der Waals surface area contributed by atoms with Crippen LogP contribution in [0.4, 0.5) is 0 Å². The van der Waals surface area contributed by atoms with Crippen molar-refractivity contribution in [1.29, 1.82) is 0 Å². The van der Waals surface area contributed by atoms with E-state index in [1.807, 2.05) is 0 Å². The van der Waals surface area contributed by atoms with Crippen molar-refractivity contribution < 1.29 is 4.74 Å². The van der Waals surface area contributed by atoms with Gasteiger partial charge in [0.1, 0.15) is 5.75 Å². The Labute approximate surface area is 167 Å². The van der Waals surface area contributed by atoms with E-state index in [4.69, 9.17) is 4.74 Å². The highest BCUT2D eigenvalue weighted by Crippen LogP contribution is 2.26. The third kappa shape index (κ3) is 4.71. The second-order valence-electron chi connectivity index (χ2n) is 7.06. The van der Waals surface area contributed by atoms with Crippen LogP contribution in [0, 0.1) is 0 Å². The summed E-state index contributed by atoms with van der Waals surface area (Å²) in [6.45, 7) is 2.69. The first-order valence-electron chi connectivity index (χ1n) is 9.37. The van der Waals surface area contributed by atoms with Crippen molar-refractivity contribution in [2.45, 2.75) is 19.4 Å². The van der Waals surface area contributed by atoms with Crippen molar-refractivity contribution in [3.05, 3.63) is 83.4 Å². The van der Waals surface area contributed by atoms with E-state index in [0.29, 0.717) is 0 Å². The zero-order valence-electron chi connectivity index (χ0n) is 15.7. The van der Waals surface area contributed by atoms with Crippen LogP contribution in [0.15, 0.2) is 66.7 Å². The molecule has 0 saturated heterocycles. The van der Waals surface area contributed by atoms with Gasteiger partial charge in [0.15, 0.2) is 0 Å². The van der Waals surface area contributed by atoms with Gasteiger partial charge in [-0.05, 0) is 53.4 Å². The first-order chi connectivity index (χ1) is 12.8. The molecule has 1 aliphatic rings.